The lowest BCUT2D eigenvalue weighted by Gasteiger charge is -2.37. The number of rotatable bonds is 3. The lowest BCUT2D eigenvalue weighted by molar-refractivity contribution is 0.330. The van der Waals surface area contributed by atoms with Gasteiger partial charge in [-0.15, -0.1) is 0 Å². The molecule has 0 aliphatic heterocycles. The minimum absolute atomic E-state index is 0.0113. The van der Waals surface area contributed by atoms with Crippen molar-refractivity contribution in [2.24, 2.45) is 5.73 Å². The molecule has 96 valence electrons. The van der Waals surface area contributed by atoms with Gasteiger partial charge in [0.25, 0.3) is 0 Å². The number of aromatic nitrogens is 3. The molecule has 0 spiro atoms. The first-order chi connectivity index (χ1) is 8.83. The summed E-state index contributed by atoms with van der Waals surface area (Å²) >= 11 is 0. The van der Waals surface area contributed by atoms with E-state index in [1.54, 1.807) is 12.4 Å². The van der Waals surface area contributed by atoms with Gasteiger partial charge in [0.15, 0.2) is 5.82 Å². The van der Waals surface area contributed by atoms with Gasteiger partial charge in [0.2, 0.25) is 0 Å². The second kappa shape index (κ2) is 4.57. The van der Waals surface area contributed by atoms with E-state index in [0.29, 0.717) is 6.54 Å². The van der Waals surface area contributed by atoms with Crippen molar-refractivity contribution in [3.05, 3.63) is 24.7 Å². The lowest BCUT2D eigenvalue weighted by Crippen LogP contribution is -2.47. The molecule has 3 N–H and O–H groups in total. The third-order valence-electron chi connectivity index (χ3n) is 3.91. The van der Waals surface area contributed by atoms with Crippen molar-refractivity contribution in [1.82, 2.24) is 14.6 Å². The van der Waals surface area contributed by atoms with E-state index >= 15 is 0 Å². The molecule has 5 nitrogen and oxygen atoms in total. The Kier molecular flexibility index (Phi) is 2.91. The average molecular weight is 245 g/mol. The van der Waals surface area contributed by atoms with Crippen LogP contribution in [0.15, 0.2) is 24.7 Å². The van der Waals surface area contributed by atoms with Gasteiger partial charge in [-0.1, -0.05) is 19.3 Å². The summed E-state index contributed by atoms with van der Waals surface area (Å²) in [5.74, 6) is 0.891. The molecule has 0 amide bonds. The fourth-order valence-electron chi connectivity index (χ4n) is 2.81. The molecule has 0 unspecified atom stereocenters. The highest BCUT2D eigenvalue weighted by Crippen LogP contribution is 2.31. The standard InChI is InChI=1S/C13H19N5/c14-10-13(5-2-1-3-6-13)17-12-11-4-7-16-18(11)9-8-15-12/h4,7-9H,1-3,5-6,10,14H2,(H,15,17). The number of nitrogens with two attached hydrogens (primary N) is 1. The molecule has 2 aromatic heterocycles. The SMILES string of the molecule is NCC1(Nc2nccn3nccc23)CCCCC1. The largest absolute Gasteiger partial charge is 0.362 e. The molecule has 1 aliphatic carbocycles. The van der Waals surface area contributed by atoms with Crippen LogP contribution in [-0.2, 0) is 0 Å². The molecule has 0 radical (unpaired) electrons. The molecule has 2 aromatic rings. The number of nitrogens with zero attached hydrogens (tertiary/aromatic N) is 3. The van der Waals surface area contributed by atoms with Crippen LogP contribution in [-0.4, -0.2) is 26.7 Å². The molecule has 0 aromatic carbocycles. The molecule has 1 saturated carbocycles. The Morgan fingerprint density at radius 2 is 2.11 bits per heavy atom. The van der Waals surface area contributed by atoms with Crippen LogP contribution in [0.2, 0.25) is 0 Å². The van der Waals surface area contributed by atoms with Crippen LogP contribution in [0.4, 0.5) is 5.82 Å². The highest BCUT2D eigenvalue weighted by molar-refractivity contribution is 5.67. The van der Waals surface area contributed by atoms with Gasteiger partial charge in [0, 0.05) is 18.9 Å². The summed E-state index contributed by atoms with van der Waals surface area (Å²) in [4.78, 5) is 4.44. The van der Waals surface area contributed by atoms with Gasteiger partial charge >= 0.3 is 0 Å². The van der Waals surface area contributed by atoms with E-state index in [9.17, 15) is 0 Å². The van der Waals surface area contributed by atoms with Crippen LogP contribution < -0.4 is 11.1 Å². The normalized spacial score (nSPS) is 18.9. The fraction of sp³-hybridized carbons (Fsp3) is 0.538. The van der Waals surface area contributed by atoms with Gasteiger partial charge in [-0.2, -0.15) is 5.10 Å². The zero-order chi connectivity index (χ0) is 12.4. The van der Waals surface area contributed by atoms with Crippen molar-refractivity contribution in [3.63, 3.8) is 0 Å². The smallest absolute Gasteiger partial charge is 0.152 e. The highest BCUT2D eigenvalue weighted by atomic mass is 15.2. The Morgan fingerprint density at radius 3 is 2.89 bits per heavy atom. The van der Waals surface area contributed by atoms with Gasteiger partial charge in [0.1, 0.15) is 5.52 Å². The van der Waals surface area contributed by atoms with Gasteiger partial charge in [-0.25, -0.2) is 9.50 Å². The maximum Gasteiger partial charge on any atom is 0.152 e. The summed E-state index contributed by atoms with van der Waals surface area (Å²) in [6, 6.07) is 1.97. The van der Waals surface area contributed by atoms with Crippen molar-refractivity contribution in [2.45, 2.75) is 37.6 Å². The Balaban J connectivity index is 1.92. The van der Waals surface area contributed by atoms with Crippen molar-refractivity contribution in [1.29, 1.82) is 0 Å². The van der Waals surface area contributed by atoms with E-state index in [-0.39, 0.29) is 5.54 Å². The van der Waals surface area contributed by atoms with E-state index in [2.05, 4.69) is 15.4 Å². The zero-order valence-corrected chi connectivity index (χ0v) is 10.5. The Labute approximate surface area is 106 Å². The van der Waals surface area contributed by atoms with Crippen molar-refractivity contribution < 1.29 is 0 Å². The number of hydrogen-bond donors (Lipinski definition) is 2. The van der Waals surface area contributed by atoms with Crippen LogP contribution >= 0.6 is 0 Å². The fourth-order valence-corrected chi connectivity index (χ4v) is 2.81. The third-order valence-corrected chi connectivity index (χ3v) is 3.91. The lowest BCUT2D eigenvalue weighted by atomic mass is 9.81. The van der Waals surface area contributed by atoms with Crippen molar-refractivity contribution >= 4 is 11.3 Å². The molecule has 5 heteroatoms. The average Bonchev–Trinajstić information content (AvgIpc) is 2.89. The first kappa shape index (κ1) is 11.5. The summed E-state index contributed by atoms with van der Waals surface area (Å²) in [7, 11) is 0. The highest BCUT2D eigenvalue weighted by Gasteiger charge is 2.31. The Morgan fingerprint density at radius 1 is 1.28 bits per heavy atom. The Bertz CT molecular complexity index is 527. The van der Waals surface area contributed by atoms with Gasteiger partial charge in [-0.05, 0) is 18.9 Å². The van der Waals surface area contributed by atoms with Crippen LogP contribution in [0.3, 0.4) is 0 Å². The summed E-state index contributed by atoms with van der Waals surface area (Å²) in [6.45, 7) is 0.657. The first-order valence-electron chi connectivity index (χ1n) is 6.60. The first-order valence-corrected chi connectivity index (χ1v) is 6.60. The van der Waals surface area contributed by atoms with E-state index in [0.717, 1.165) is 24.2 Å². The molecule has 1 fully saturated rings. The second-order valence-electron chi connectivity index (χ2n) is 5.11. The molecule has 0 bridgehead atoms. The minimum Gasteiger partial charge on any atom is -0.362 e. The summed E-state index contributed by atoms with van der Waals surface area (Å²) in [5.41, 5.74) is 7.01. The zero-order valence-electron chi connectivity index (χ0n) is 10.5. The van der Waals surface area contributed by atoms with Crippen LogP contribution in [0.25, 0.3) is 5.52 Å². The number of nitrogens with one attached hydrogen (secondary N) is 1. The molecule has 1 aliphatic rings. The number of fused-ring (bicyclic) bond motifs is 1. The number of hydrogen-bond acceptors (Lipinski definition) is 4. The molecular weight excluding hydrogens is 226 g/mol. The topological polar surface area (TPSA) is 68.2 Å². The second-order valence-corrected chi connectivity index (χ2v) is 5.11. The summed E-state index contributed by atoms with van der Waals surface area (Å²) in [5, 5.41) is 7.80. The predicted molar refractivity (Wildman–Crippen MR) is 71.5 cm³/mol. The van der Waals surface area contributed by atoms with Crippen molar-refractivity contribution in [2.75, 3.05) is 11.9 Å². The molecule has 3 rings (SSSR count). The quantitative estimate of drug-likeness (QED) is 0.865. The van der Waals surface area contributed by atoms with Gasteiger partial charge in [0.05, 0.1) is 11.7 Å². The van der Waals surface area contributed by atoms with E-state index in [1.807, 2.05) is 16.8 Å². The third kappa shape index (κ3) is 1.95. The van der Waals surface area contributed by atoms with Gasteiger partial charge in [-0.3, -0.25) is 0 Å². The van der Waals surface area contributed by atoms with Crippen LogP contribution in [0.1, 0.15) is 32.1 Å². The molecule has 0 atom stereocenters. The molecule has 18 heavy (non-hydrogen) atoms. The number of anilines is 1. The van der Waals surface area contributed by atoms with E-state index in [1.165, 1.54) is 19.3 Å². The molecule has 0 saturated heterocycles. The molecular formula is C13H19N5. The van der Waals surface area contributed by atoms with Gasteiger partial charge < -0.3 is 11.1 Å². The van der Waals surface area contributed by atoms with Crippen LogP contribution in [0.5, 0.6) is 0 Å². The van der Waals surface area contributed by atoms with E-state index < -0.39 is 0 Å². The monoisotopic (exact) mass is 245 g/mol. The maximum atomic E-state index is 5.99. The summed E-state index contributed by atoms with van der Waals surface area (Å²) < 4.78 is 1.84. The van der Waals surface area contributed by atoms with E-state index in [4.69, 9.17) is 5.73 Å². The molecule has 2 heterocycles. The minimum atomic E-state index is 0.0113. The summed E-state index contributed by atoms with van der Waals surface area (Å²) in [6.07, 6.45) is 11.5. The Hall–Kier alpha value is -1.62. The van der Waals surface area contributed by atoms with Crippen LogP contribution in [0, 0.1) is 0 Å². The van der Waals surface area contributed by atoms with Crippen molar-refractivity contribution in [3.8, 4) is 0 Å². The predicted octanol–water partition coefficient (Wildman–Crippen LogP) is 1.80. The maximum absolute atomic E-state index is 5.99.